The van der Waals surface area contributed by atoms with Crippen LogP contribution in [-0.4, -0.2) is 36.0 Å². The molecule has 3 heterocycles. The van der Waals surface area contributed by atoms with Crippen molar-refractivity contribution in [1.82, 2.24) is 15.3 Å². The normalized spacial score (nSPS) is 15.3. The number of benzene rings is 1. The highest BCUT2D eigenvalue weighted by Crippen LogP contribution is 2.33. The number of thiophene rings is 1. The molecule has 1 fully saturated rings. The lowest BCUT2D eigenvalue weighted by Gasteiger charge is -2.31. The van der Waals surface area contributed by atoms with E-state index in [0.29, 0.717) is 53.2 Å². The fourth-order valence-corrected chi connectivity index (χ4v) is 4.39. The van der Waals surface area contributed by atoms with Gasteiger partial charge in [-0.1, -0.05) is 18.2 Å². The van der Waals surface area contributed by atoms with Crippen molar-refractivity contribution in [2.45, 2.75) is 12.8 Å². The van der Waals surface area contributed by atoms with Crippen LogP contribution in [0.15, 0.2) is 34.4 Å². The number of aromatic nitrogens is 2. The van der Waals surface area contributed by atoms with Gasteiger partial charge in [-0.25, -0.2) is 9.37 Å². The zero-order chi connectivity index (χ0) is 19.0. The largest absolute Gasteiger partial charge is 0.359 e. The molecule has 1 aliphatic heterocycles. The van der Waals surface area contributed by atoms with Crippen LogP contribution in [0, 0.1) is 11.7 Å². The zero-order valence-electron chi connectivity index (χ0n) is 14.8. The third kappa shape index (κ3) is 3.21. The summed E-state index contributed by atoms with van der Waals surface area (Å²) in [5.74, 6) is 0.161. The Hall–Kier alpha value is -2.74. The second-order valence-electron chi connectivity index (χ2n) is 6.57. The molecule has 2 aromatic heterocycles. The van der Waals surface area contributed by atoms with Crippen molar-refractivity contribution < 1.29 is 9.18 Å². The lowest BCUT2D eigenvalue weighted by molar-refractivity contribution is -0.125. The molecule has 0 unspecified atom stereocenters. The summed E-state index contributed by atoms with van der Waals surface area (Å²) >= 11 is 1.26. The summed E-state index contributed by atoms with van der Waals surface area (Å²) in [4.78, 5) is 33.8. The maximum atomic E-state index is 14.2. The van der Waals surface area contributed by atoms with Crippen molar-refractivity contribution in [3.05, 3.63) is 45.8 Å². The van der Waals surface area contributed by atoms with Gasteiger partial charge in [0.1, 0.15) is 10.5 Å². The molecular weight excluding hydrogens is 367 g/mol. The molecule has 4 rings (SSSR count). The Morgan fingerprint density at radius 1 is 1.30 bits per heavy atom. The topological polar surface area (TPSA) is 78.1 Å². The number of aromatic amines is 1. The van der Waals surface area contributed by atoms with E-state index in [1.807, 2.05) is 4.90 Å². The number of halogens is 1. The molecular formula is C19H19FN4O2S. The summed E-state index contributed by atoms with van der Waals surface area (Å²) in [5, 5.41) is 4.46. The Balaban J connectivity index is 1.70. The number of amides is 1. The first-order valence-corrected chi connectivity index (χ1v) is 9.69. The van der Waals surface area contributed by atoms with Gasteiger partial charge < -0.3 is 10.2 Å². The van der Waals surface area contributed by atoms with Gasteiger partial charge in [-0.15, -0.1) is 11.3 Å². The Morgan fingerprint density at radius 3 is 2.74 bits per heavy atom. The predicted molar refractivity (Wildman–Crippen MR) is 105 cm³/mol. The van der Waals surface area contributed by atoms with E-state index < -0.39 is 0 Å². The number of rotatable bonds is 3. The number of carbonyl (C=O) groups is 1. The SMILES string of the molecule is CNC(=O)C1CCN(c2nc3c(-c4ccccc4F)csc3c(=O)[nH]2)CC1. The monoisotopic (exact) mass is 386 g/mol. The van der Waals surface area contributed by atoms with Crippen LogP contribution in [0.5, 0.6) is 0 Å². The summed E-state index contributed by atoms with van der Waals surface area (Å²) in [6.07, 6.45) is 1.40. The molecule has 0 aliphatic carbocycles. The van der Waals surface area contributed by atoms with Gasteiger partial charge in [-0.05, 0) is 18.9 Å². The smallest absolute Gasteiger partial charge is 0.270 e. The van der Waals surface area contributed by atoms with Gasteiger partial charge in [0.05, 0.1) is 5.52 Å². The number of H-pyrrole nitrogens is 1. The Kier molecular flexibility index (Phi) is 4.65. The minimum absolute atomic E-state index is 0.0168. The van der Waals surface area contributed by atoms with Gasteiger partial charge in [0.2, 0.25) is 11.9 Å². The number of piperidine rings is 1. The number of anilines is 1. The summed E-state index contributed by atoms with van der Waals surface area (Å²) in [7, 11) is 1.64. The molecule has 0 saturated carbocycles. The molecule has 1 aromatic carbocycles. The Morgan fingerprint density at radius 2 is 2.04 bits per heavy atom. The molecule has 1 saturated heterocycles. The van der Waals surface area contributed by atoms with E-state index in [0.717, 1.165) is 0 Å². The van der Waals surface area contributed by atoms with Crippen LogP contribution in [0.1, 0.15) is 12.8 Å². The quantitative estimate of drug-likeness (QED) is 0.726. The van der Waals surface area contributed by atoms with E-state index in [1.165, 1.54) is 17.4 Å². The van der Waals surface area contributed by atoms with E-state index in [4.69, 9.17) is 0 Å². The van der Waals surface area contributed by atoms with Crippen LogP contribution >= 0.6 is 11.3 Å². The molecule has 0 spiro atoms. The maximum absolute atomic E-state index is 14.2. The van der Waals surface area contributed by atoms with Gasteiger partial charge in [0.25, 0.3) is 5.56 Å². The first kappa shape index (κ1) is 17.7. The average Bonchev–Trinajstić information content (AvgIpc) is 3.12. The number of hydrogen-bond donors (Lipinski definition) is 2. The van der Waals surface area contributed by atoms with Crippen molar-refractivity contribution in [1.29, 1.82) is 0 Å². The predicted octanol–water partition coefficient (Wildman–Crippen LogP) is 2.75. The fourth-order valence-electron chi connectivity index (χ4n) is 3.49. The van der Waals surface area contributed by atoms with Crippen LogP contribution in [0.4, 0.5) is 10.3 Å². The van der Waals surface area contributed by atoms with E-state index >= 15 is 0 Å². The molecule has 3 aromatic rings. The number of hydrogen-bond acceptors (Lipinski definition) is 5. The van der Waals surface area contributed by atoms with Crippen LogP contribution in [0.3, 0.4) is 0 Å². The number of nitrogens with zero attached hydrogens (tertiary/aromatic N) is 2. The van der Waals surface area contributed by atoms with E-state index in [2.05, 4.69) is 15.3 Å². The van der Waals surface area contributed by atoms with Crippen molar-refractivity contribution >= 4 is 33.4 Å². The van der Waals surface area contributed by atoms with E-state index in [1.54, 1.807) is 30.6 Å². The molecule has 6 nitrogen and oxygen atoms in total. The van der Waals surface area contributed by atoms with Crippen molar-refractivity contribution in [3.8, 4) is 11.1 Å². The Bertz CT molecular complexity index is 1050. The highest BCUT2D eigenvalue weighted by molar-refractivity contribution is 7.17. The van der Waals surface area contributed by atoms with Crippen LogP contribution < -0.4 is 15.8 Å². The van der Waals surface area contributed by atoms with Gasteiger partial charge in [-0.2, -0.15) is 0 Å². The van der Waals surface area contributed by atoms with Crippen LogP contribution in [-0.2, 0) is 4.79 Å². The van der Waals surface area contributed by atoms with Gasteiger partial charge in [0.15, 0.2) is 0 Å². The molecule has 140 valence electrons. The summed E-state index contributed by atoms with van der Waals surface area (Å²) in [6, 6.07) is 6.49. The summed E-state index contributed by atoms with van der Waals surface area (Å²) in [5.41, 5.74) is 1.35. The van der Waals surface area contributed by atoms with Gasteiger partial charge in [0, 0.05) is 42.6 Å². The molecule has 0 bridgehead atoms. The van der Waals surface area contributed by atoms with Crippen LogP contribution in [0.2, 0.25) is 0 Å². The zero-order valence-corrected chi connectivity index (χ0v) is 15.6. The highest BCUT2D eigenvalue weighted by Gasteiger charge is 2.26. The molecule has 0 radical (unpaired) electrons. The maximum Gasteiger partial charge on any atom is 0.270 e. The Labute approximate surface area is 159 Å². The highest BCUT2D eigenvalue weighted by atomic mass is 32.1. The molecule has 2 N–H and O–H groups in total. The van der Waals surface area contributed by atoms with Gasteiger partial charge in [-0.3, -0.25) is 14.6 Å². The van der Waals surface area contributed by atoms with Gasteiger partial charge >= 0.3 is 0 Å². The van der Waals surface area contributed by atoms with E-state index in [9.17, 15) is 14.0 Å². The van der Waals surface area contributed by atoms with Crippen LogP contribution in [0.25, 0.3) is 21.3 Å². The molecule has 27 heavy (non-hydrogen) atoms. The standard InChI is InChI=1S/C19H19FN4O2S/c1-21-17(25)11-6-8-24(9-7-11)19-22-15-13(10-27-16(15)18(26)23-19)12-4-2-3-5-14(12)20/h2-5,10-11H,6-9H2,1H3,(H,21,25)(H,22,23,26). The minimum atomic E-state index is -0.341. The fraction of sp³-hybridized carbons (Fsp3) is 0.316. The number of nitrogens with one attached hydrogen (secondary N) is 2. The average molecular weight is 386 g/mol. The molecule has 1 aliphatic rings. The molecule has 0 atom stereocenters. The lowest BCUT2D eigenvalue weighted by Crippen LogP contribution is -2.40. The third-order valence-corrected chi connectivity index (χ3v) is 5.96. The molecule has 8 heteroatoms. The second kappa shape index (κ2) is 7.11. The van der Waals surface area contributed by atoms with Crippen molar-refractivity contribution in [3.63, 3.8) is 0 Å². The lowest BCUT2D eigenvalue weighted by atomic mass is 9.96. The summed E-state index contributed by atoms with van der Waals surface area (Å²) < 4.78 is 14.7. The number of fused-ring (bicyclic) bond motifs is 1. The van der Waals surface area contributed by atoms with E-state index in [-0.39, 0.29) is 23.2 Å². The second-order valence-corrected chi connectivity index (χ2v) is 7.45. The van der Waals surface area contributed by atoms with Crippen molar-refractivity contribution in [2.75, 3.05) is 25.0 Å². The third-order valence-electron chi connectivity index (χ3n) is 4.99. The first-order valence-electron chi connectivity index (χ1n) is 8.81. The minimum Gasteiger partial charge on any atom is -0.359 e. The summed E-state index contributed by atoms with van der Waals surface area (Å²) in [6.45, 7) is 1.26. The van der Waals surface area contributed by atoms with Crippen molar-refractivity contribution in [2.24, 2.45) is 5.92 Å². The first-order chi connectivity index (χ1) is 13.1. The molecule has 1 amide bonds. The number of carbonyl (C=O) groups excluding carboxylic acids is 1.